The summed E-state index contributed by atoms with van der Waals surface area (Å²) < 4.78 is 0. The summed E-state index contributed by atoms with van der Waals surface area (Å²) in [6, 6.07) is 20.1. The summed E-state index contributed by atoms with van der Waals surface area (Å²) in [4.78, 5) is 12.7. The Labute approximate surface area is 149 Å². The normalized spacial score (nSPS) is 18.3. The number of allylic oxidation sites excluding steroid dienone is 2. The highest BCUT2D eigenvalue weighted by Gasteiger charge is 2.22. The van der Waals surface area contributed by atoms with E-state index < -0.39 is 0 Å². The number of hydrogen-bond donors (Lipinski definition) is 0. The van der Waals surface area contributed by atoms with Gasteiger partial charge in [-0.2, -0.15) is 0 Å². The number of carbonyl (C=O) groups is 1. The Morgan fingerprint density at radius 2 is 1.54 bits per heavy atom. The van der Waals surface area contributed by atoms with Gasteiger partial charge in [-0.1, -0.05) is 72.3 Å². The Morgan fingerprint density at radius 1 is 0.917 bits per heavy atom. The second-order valence-electron chi connectivity index (χ2n) is 6.55. The predicted molar refractivity (Wildman–Crippen MR) is 100 cm³/mol. The maximum Gasteiger partial charge on any atom is 0.190 e. The van der Waals surface area contributed by atoms with Crippen molar-refractivity contribution in [2.24, 2.45) is 5.92 Å². The van der Waals surface area contributed by atoms with Crippen LogP contribution in [0.5, 0.6) is 0 Å². The third kappa shape index (κ3) is 4.36. The summed E-state index contributed by atoms with van der Waals surface area (Å²) in [5.41, 5.74) is 2.96. The number of carbonyl (C=O) groups excluding carboxylic acids is 1. The van der Waals surface area contributed by atoms with Crippen LogP contribution in [0.15, 0.2) is 71.3 Å². The molecule has 1 atom stereocenters. The SMILES string of the molecule is O=C(C1=C(Cl)CCC(CCc2ccccc2)CC1)c1ccccc1. The Hall–Kier alpha value is -1.86. The van der Waals surface area contributed by atoms with E-state index in [0.717, 1.165) is 48.3 Å². The molecule has 124 valence electrons. The summed E-state index contributed by atoms with van der Waals surface area (Å²) in [5, 5.41) is 0.770. The van der Waals surface area contributed by atoms with Gasteiger partial charge in [-0.15, -0.1) is 0 Å². The fourth-order valence-corrected chi connectivity index (χ4v) is 3.70. The number of aryl methyl sites for hydroxylation is 1. The van der Waals surface area contributed by atoms with Crippen LogP contribution in [0.25, 0.3) is 0 Å². The molecule has 2 aromatic carbocycles. The van der Waals surface area contributed by atoms with E-state index in [1.165, 1.54) is 12.0 Å². The van der Waals surface area contributed by atoms with Gasteiger partial charge < -0.3 is 0 Å². The van der Waals surface area contributed by atoms with Crippen LogP contribution in [0.4, 0.5) is 0 Å². The quantitative estimate of drug-likeness (QED) is 0.594. The third-order valence-electron chi connectivity index (χ3n) is 4.90. The molecule has 3 rings (SSSR count). The average Bonchev–Trinajstić information content (AvgIpc) is 2.82. The molecule has 2 heteroatoms. The van der Waals surface area contributed by atoms with E-state index in [9.17, 15) is 4.79 Å². The molecule has 0 fully saturated rings. The van der Waals surface area contributed by atoms with Crippen LogP contribution in [-0.4, -0.2) is 5.78 Å². The molecule has 0 saturated carbocycles. The highest BCUT2D eigenvalue weighted by atomic mass is 35.5. The van der Waals surface area contributed by atoms with Crippen molar-refractivity contribution < 1.29 is 4.79 Å². The van der Waals surface area contributed by atoms with Crippen LogP contribution in [-0.2, 0) is 6.42 Å². The summed E-state index contributed by atoms with van der Waals surface area (Å²) >= 11 is 6.47. The molecule has 0 N–H and O–H groups in total. The summed E-state index contributed by atoms with van der Waals surface area (Å²) in [6.45, 7) is 0. The molecule has 1 unspecified atom stereocenters. The summed E-state index contributed by atoms with van der Waals surface area (Å²) in [6.07, 6.45) is 6.03. The Balaban J connectivity index is 1.61. The lowest BCUT2D eigenvalue weighted by atomic mass is 9.91. The zero-order valence-electron chi connectivity index (χ0n) is 13.9. The molecule has 24 heavy (non-hydrogen) atoms. The van der Waals surface area contributed by atoms with Crippen molar-refractivity contribution in [3.63, 3.8) is 0 Å². The minimum absolute atomic E-state index is 0.101. The molecular formula is C22H23ClO. The van der Waals surface area contributed by atoms with Gasteiger partial charge in [0.2, 0.25) is 0 Å². The molecule has 1 nitrogen and oxygen atoms in total. The molecule has 0 aliphatic heterocycles. The van der Waals surface area contributed by atoms with Crippen molar-refractivity contribution in [1.82, 2.24) is 0 Å². The van der Waals surface area contributed by atoms with Gasteiger partial charge in [-0.3, -0.25) is 4.79 Å². The molecule has 0 heterocycles. The zero-order chi connectivity index (χ0) is 16.8. The number of rotatable bonds is 5. The highest BCUT2D eigenvalue weighted by molar-refractivity contribution is 6.32. The van der Waals surface area contributed by atoms with Crippen molar-refractivity contribution in [2.45, 2.75) is 38.5 Å². The molecule has 0 bridgehead atoms. The van der Waals surface area contributed by atoms with Gasteiger partial charge in [0.1, 0.15) is 0 Å². The summed E-state index contributed by atoms with van der Waals surface area (Å²) in [7, 11) is 0. The van der Waals surface area contributed by atoms with E-state index in [-0.39, 0.29) is 5.78 Å². The van der Waals surface area contributed by atoms with Crippen LogP contribution in [0.2, 0.25) is 0 Å². The van der Waals surface area contributed by atoms with Crippen LogP contribution in [0, 0.1) is 5.92 Å². The number of hydrogen-bond acceptors (Lipinski definition) is 1. The topological polar surface area (TPSA) is 17.1 Å². The lowest BCUT2D eigenvalue weighted by Gasteiger charge is -2.14. The van der Waals surface area contributed by atoms with Crippen molar-refractivity contribution in [3.05, 3.63) is 82.4 Å². The average molecular weight is 339 g/mol. The lowest BCUT2D eigenvalue weighted by Crippen LogP contribution is -2.06. The lowest BCUT2D eigenvalue weighted by molar-refractivity contribution is 0.102. The number of ketones is 1. The molecule has 0 spiro atoms. The van der Waals surface area contributed by atoms with Crippen molar-refractivity contribution in [3.8, 4) is 0 Å². The second-order valence-corrected chi connectivity index (χ2v) is 7.00. The molecule has 0 aromatic heterocycles. The first-order valence-electron chi connectivity index (χ1n) is 8.75. The van der Waals surface area contributed by atoms with E-state index in [2.05, 4.69) is 30.3 Å². The number of benzene rings is 2. The van der Waals surface area contributed by atoms with Gasteiger partial charge >= 0.3 is 0 Å². The van der Waals surface area contributed by atoms with Gasteiger partial charge in [0.15, 0.2) is 5.78 Å². The maximum atomic E-state index is 12.7. The molecule has 0 radical (unpaired) electrons. The van der Waals surface area contributed by atoms with Crippen molar-refractivity contribution in [1.29, 1.82) is 0 Å². The zero-order valence-corrected chi connectivity index (χ0v) is 14.6. The predicted octanol–water partition coefficient (Wildman–Crippen LogP) is 6.19. The number of halogens is 1. The van der Waals surface area contributed by atoms with Gasteiger partial charge in [-0.25, -0.2) is 0 Å². The fourth-order valence-electron chi connectivity index (χ4n) is 3.41. The van der Waals surface area contributed by atoms with Gasteiger partial charge in [0.05, 0.1) is 0 Å². The fraction of sp³-hybridized carbons (Fsp3) is 0.318. The monoisotopic (exact) mass is 338 g/mol. The van der Waals surface area contributed by atoms with Gasteiger partial charge in [0.25, 0.3) is 0 Å². The first kappa shape index (κ1) is 17.0. The number of Topliss-reactive ketones (excluding diaryl/α,β-unsaturated/α-hetero) is 1. The summed E-state index contributed by atoms with van der Waals surface area (Å²) in [5.74, 6) is 0.740. The minimum atomic E-state index is 0.101. The standard InChI is InChI=1S/C22H23ClO/c23-21-16-14-18(12-11-17-7-3-1-4-8-17)13-15-20(21)22(24)19-9-5-2-6-10-19/h1-10,18H,11-16H2. The molecule has 0 amide bonds. The largest absolute Gasteiger partial charge is 0.289 e. The van der Waals surface area contributed by atoms with Crippen LogP contribution in [0.1, 0.15) is 48.0 Å². The first-order valence-corrected chi connectivity index (χ1v) is 9.13. The van der Waals surface area contributed by atoms with Gasteiger partial charge in [-0.05, 0) is 50.0 Å². The van der Waals surface area contributed by atoms with E-state index in [4.69, 9.17) is 11.6 Å². The molecular weight excluding hydrogens is 316 g/mol. The van der Waals surface area contributed by atoms with Crippen molar-refractivity contribution >= 4 is 17.4 Å². The van der Waals surface area contributed by atoms with E-state index in [1.54, 1.807) is 0 Å². The van der Waals surface area contributed by atoms with Crippen LogP contribution < -0.4 is 0 Å². The van der Waals surface area contributed by atoms with Crippen molar-refractivity contribution in [2.75, 3.05) is 0 Å². The molecule has 1 aliphatic carbocycles. The van der Waals surface area contributed by atoms with Crippen LogP contribution >= 0.6 is 11.6 Å². The molecule has 0 saturated heterocycles. The van der Waals surface area contributed by atoms with Crippen LogP contribution in [0.3, 0.4) is 0 Å². The molecule has 1 aliphatic rings. The Morgan fingerprint density at radius 3 is 2.25 bits per heavy atom. The third-order valence-corrected chi connectivity index (χ3v) is 5.31. The van der Waals surface area contributed by atoms with Gasteiger partial charge in [0, 0.05) is 16.2 Å². The van der Waals surface area contributed by atoms with E-state index in [0.29, 0.717) is 5.92 Å². The smallest absolute Gasteiger partial charge is 0.190 e. The Bertz CT molecular complexity index is 703. The first-order chi connectivity index (χ1) is 11.7. The minimum Gasteiger partial charge on any atom is -0.289 e. The van der Waals surface area contributed by atoms with E-state index in [1.807, 2.05) is 30.3 Å². The Kier molecular flexibility index (Phi) is 5.87. The maximum absolute atomic E-state index is 12.7. The molecule has 2 aromatic rings. The highest BCUT2D eigenvalue weighted by Crippen LogP contribution is 2.33. The second kappa shape index (κ2) is 8.30. The van der Waals surface area contributed by atoms with E-state index >= 15 is 0 Å².